The van der Waals surface area contributed by atoms with Crippen molar-refractivity contribution >= 4 is 66.1 Å². The summed E-state index contributed by atoms with van der Waals surface area (Å²) in [5.41, 5.74) is 0. The van der Waals surface area contributed by atoms with Crippen molar-refractivity contribution in [1.82, 2.24) is 0 Å². The summed E-state index contributed by atoms with van der Waals surface area (Å²) in [5, 5.41) is -0.485. The minimum absolute atomic E-state index is 0.0609. The second-order valence-corrected chi connectivity index (χ2v) is 6.31. The Labute approximate surface area is 105 Å². The largest absolute Gasteiger partial charge is 0.264 e. The van der Waals surface area contributed by atoms with Gasteiger partial charge in [-0.3, -0.25) is 0 Å². The highest BCUT2D eigenvalue weighted by molar-refractivity contribution is 8.14. The van der Waals surface area contributed by atoms with Crippen molar-refractivity contribution in [2.75, 3.05) is 0 Å². The van der Waals surface area contributed by atoms with Gasteiger partial charge in [0, 0.05) is 10.7 Å². The van der Waals surface area contributed by atoms with Gasteiger partial charge in [-0.25, -0.2) is 8.42 Å². The maximum Gasteiger partial charge on any atom is 0.264 e. The lowest BCUT2D eigenvalue weighted by atomic mass is 10.3. The standard InChI is InChI=1S/C6HCl5O2S/c7-2-1-3(8)6(14(11,12)13)5(10)4(2)9/h1H. The molecule has 0 aliphatic heterocycles. The number of hydrogen-bond acceptors (Lipinski definition) is 2. The Bertz CT molecular complexity index is 481. The first-order valence-corrected chi connectivity index (χ1v) is 6.85. The summed E-state index contributed by atoms with van der Waals surface area (Å²) in [6.07, 6.45) is 0. The summed E-state index contributed by atoms with van der Waals surface area (Å²) in [5.74, 6) is 0. The fraction of sp³-hybridized carbons (Fsp3) is 0. The van der Waals surface area contributed by atoms with Crippen molar-refractivity contribution in [3.8, 4) is 0 Å². The second kappa shape index (κ2) is 4.24. The fourth-order valence-corrected chi connectivity index (χ4v) is 3.68. The first kappa shape index (κ1) is 12.7. The van der Waals surface area contributed by atoms with Crippen LogP contribution in [0.3, 0.4) is 0 Å². The SMILES string of the molecule is O=S(=O)(Cl)c1c(Cl)cc(Cl)c(Cl)c1Cl. The zero-order chi connectivity index (χ0) is 11.1. The summed E-state index contributed by atoms with van der Waals surface area (Å²) in [7, 11) is 1.06. The topological polar surface area (TPSA) is 34.1 Å². The molecule has 0 saturated carbocycles. The van der Waals surface area contributed by atoms with E-state index >= 15 is 0 Å². The molecular formula is C6HCl5O2S. The van der Waals surface area contributed by atoms with Gasteiger partial charge in [0.05, 0.1) is 20.1 Å². The van der Waals surface area contributed by atoms with E-state index in [2.05, 4.69) is 0 Å². The van der Waals surface area contributed by atoms with Crippen LogP contribution in [0.15, 0.2) is 11.0 Å². The van der Waals surface area contributed by atoms with Gasteiger partial charge in [0.2, 0.25) is 0 Å². The average molecular weight is 314 g/mol. The highest BCUT2D eigenvalue weighted by Gasteiger charge is 2.23. The van der Waals surface area contributed by atoms with Crippen LogP contribution in [0.5, 0.6) is 0 Å². The first-order valence-electron chi connectivity index (χ1n) is 3.03. The zero-order valence-corrected chi connectivity index (χ0v) is 10.8. The summed E-state index contributed by atoms with van der Waals surface area (Å²) < 4.78 is 22.1. The van der Waals surface area contributed by atoms with Gasteiger partial charge < -0.3 is 0 Å². The third-order valence-corrected chi connectivity index (χ3v) is 4.47. The Kier molecular flexibility index (Phi) is 3.84. The van der Waals surface area contributed by atoms with Gasteiger partial charge in [0.25, 0.3) is 9.05 Å². The summed E-state index contributed by atoms with van der Waals surface area (Å²) in [6, 6.07) is 1.16. The highest BCUT2D eigenvalue weighted by atomic mass is 35.7. The predicted octanol–water partition coefficient (Wildman–Crippen LogP) is 4.23. The Balaban J connectivity index is 3.70. The van der Waals surface area contributed by atoms with Gasteiger partial charge in [0.15, 0.2) is 0 Å². The molecule has 78 valence electrons. The molecule has 0 spiro atoms. The van der Waals surface area contributed by atoms with Crippen LogP contribution >= 0.6 is 57.1 Å². The molecule has 0 atom stereocenters. The van der Waals surface area contributed by atoms with Crippen molar-refractivity contribution in [3.63, 3.8) is 0 Å². The van der Waals surface area contributed by atoms with E-state index in [1.807, 2.05) is 0 Å². The molecule has 1 rings (SSSR count). The van der Waals surface area contributed by atoms with Gasteiger partial charge in [-0.15, -0.1) is 0 Å². The lowest BCUT2D eigenvalue weighted by Gasteiger charge is -2.06. The fourth-order valence-electron chi connectivity index (χ4n) is 0.773. The van der Waals surface area contributed by atoms with E-state index < -0.39 is 13.9 Å². The van der Waals surface area contributed by atoms with E-state index in [1.54, 1.807) is 0 Å². The van der Waals surface area contributed by atoms with Crippen molar-refractivity contribution < 1.29 is 8.42 Å². The minimum Gasteiger partial charge on any atom is -0.207 e. The zero-order valence-electron chi connectivity index (χ0n) is 6.19. The maximum absolute atomic E-state index is 11.0. The molecule has 1 aromatic carbocycles. The highest BCUT2D eigenvalue weighted by Crippen LogP contribution is 2.40. The van der Waals surface area contributed by atoms with Crippen LogP contribution in [0.4, 0.5) is 0 Å². The lowest BCUT2D eigenvalue weighted by molar-refractivity contribution is 0.609. The molecule has 0 unspecified atom stereocenters. The van der Waals surface area contributed by atoms with Crippen LogP contribution in [0.25, 0.3) is 0 Å². The Morgan fingerprint density at radius 3 is 1.86 bits per heavy atom. The van der Waals surface area contributed by atoms with E-state index in [0.717, 1.165) is 6.07 Å². The molecule has 2 nitrogen and oxygen atoms in total. The molecular weight excluding hydrogens is 313 g/mol. The number of halogens is 5. The van der Waals surface area contributed by atoms with E-state index in [4.69, 9.17) is 57.1 Å². The van der Waals surface area contributed by atoms with Crippen molar-refractivity contribution in [2.45, 2.75) is 4.90 Å². The molecule has 1 aromatic rings. The van der Waals surface area contributed by atoms with Crippen LogP contribution < -0.4 is 0 Å². The molecule has 0 amide bonds. The van der Waals surface area contributed by atoms with E-state index in [-0.39, 0.29) is 20.1 Å². The van der Waals surface area contributed by atoms with Crippen molar-refractivity contribution in [1.29, 1.82) is 0 Å². The Morgan fingerprint density at radius 2 is 1.43 bits per heavy atom. The molecule has 0 N–H and O–H groups in total. The number of benzene rings is 1. The van der Waals surface area contributed by atoms with Gasteiger partial charge in [0.1, 0.15) is 4.90 Å². The first-order chi connectivity index (χ1) is 6.25. The third-order valence-electron chi connectivity index (χ3n) is 1.32. The molecule has 0 aliphatic carbocycles. The van der Waals surface area contributed by atoms with Gasteiger partial charge in [-0.2, -0.15) is 0 Å². The molecule has 8 heteroatoms. The molecule has 0 fully saturated rings. The molecule has 0 heterocycles. The monoisotopic (exact) mass is 312 g/mol. The van der Waals surface area contributed by atoms with Crippen LogP contribution in [0.2, 0.25) is 20.1 Å². The average Bonchev–Trinajstić information content (AvgIpc) is 1.97. The third kappa shape index (κ3) is 2.40. The van der Waals surface area contributed by atoms with Crippen LogP contribution in [-0.2, 0) is 9.05 Å². The van der Waals surface area contributed by atoms with Crippen LogP contribution in [0.1, 0.15) is 0 Å². The second-order valence-electron chi connectivity index (χ2n) is 2.24. The van der Waals surface area contributed by atoms with Crippen molar-refractivity contribution in [3.05, 3.63) is 26.2 Å². The summed E-state index contributed by atoms with van der Waals surface area (Å²) in [6.45, 7) is 0. The van der Waals surface area contributed by atoms with E-state index in [1.165, 1.54) is 0 Å². The van der Waals surface area contributed by atoms with Gasteiger partial charge >= 0.3 is 0 Å². The van der Waals surface area contributed by atoms with Crippen LogP contribution in [0, 0.1) is 0 Å². The Morgan fingerprint density at radius 1 is 0.929 bits per heavy atom. The van der Waals surface area contributed by atoms with E-state index in [9.17, 15) is 8.42 Å². The molecule has 14 heavy (non-hydrogen) atoms. The normalized spacial score (nSPS) is 11.8. The maximum atomic E-state index is 11.0. The summed E-state index contributed by atoms with van der Waals surface area (Å²) in [4.78, 5) is -0.433. The molecule has 0 aliphatic rings. The number of rotatable bonds is 1. The quantitative estimate of drug-likeness (QED) is 0.442. The molecule has 0 aromatic heterocycles. The van der Waals surface area contributed by atoms with Crippen molar-refractivity contribution in [2.24, 2.45) is 0 Å². The lowest BCUT2D eigenvalue weighted by Crippen LogP contribution is -1.94. The summed E-state index contributed by atoms with van der Waals surface area (Å²) >= 11 is 22.4. The van der Waals surface area contributed by atoms with Crippen LogP contribution in [-0.4, -0.2) is 8.42 Å². The number of hydrogen-bond donors (Lipinski definition) is 0. The predicted molar refractivity (Wildman–Crippen MR) is 59.5 cm³/mol. The minimum atomic E-state index is -4.04. The molecule has 0 saturated heterocycles. The van der Waals surface area contributed by atoms with Gasteiger partial charge in [-0.1, -0.05) is 46.4 Å². The smallest absolute Gasteiger partial charge is 0.207 e. The van der Waals surface area contributed by atoms with Gasteiger partial charge in [-0.05, 0) is 6.07 Å². The molecule has 0 radical (unpaired) electrons. The van der Waals surface area contributed by atoms with E-state index in [0.29, 0.717) is 0 Å². The Hall–Kier alpha value is 0.620. The molecule has 0 bridgehead atoms.